The molecular formula is C21H22N2O5. The molecule has 0 aliphatic carbocycles. The van der Waals surface area contributed by atoms with Crippen molar-refractivity contribution in [3.63, 3.8) is 0 Å². The molecule has 1 fully saturated rings. The van der Waals surface area contributed by atoms with Crippen molar-refractivity contribution >= 4 is 29.3 Å². The molecule has 0 atom stereocenters. The van der Waals surface area contributed by atoms with Crippen LogP contribution in [0.1, 0.15) is 15.9 Å². The van der Waals surface area contributed by atoms with Gasteiger partial charge in [0.15, 0.2) is 0 Å². The summed E-state index contributed by atoms with van der Waals surface area (Å²) in [6, 6.07) is 12.0. The fourth-order valence-corrected chi connectivity index (χ4v) is 2.99. The van der Waals surface area contributed by atoms with Crippen LogP contribution in [0.2, 0.25) is 0 Å². The van der Waals surface area contributed by atoms with Crippen LogP contribution in [0.5, 0.6) is 5.75 Å². The maximum Gasteiger partial charge on any atom is 0.337 e. The number of hydrogen-bond acceptors (Lipinski definition) is 5. The highest BCUT2D eigenvalue weighted by Gasteiger charge is 2.15. The van der Waals surface area contributed by atoms with Crippen molar-refractivity contribution in [3.8, 4) is 5.75 Å². The summed E-state index contributed by atoms with van der Waals surface area (Å²) in [5.74, 6) is -0.783. The molecule has 2 N–H and O–H groups in total. The zero-order valence-corrected chi connectivity index (χ0v) is 15.6. The fourth-order valence-electron chi connectivity index (χ4n) is 2.99. The van der Waals surface area contributed by atoms with E-state index in [9.17, 15) is 14.7 Å². The van der Waals surface area contributed by atoms with Crippen molar-refractivity contribution in [1.29, 1.82) is 0 Å². The van der Waals surface area contributed by atoms with Crippen LogP contribution >= 0.6 is 0 Å². The van der Waals surface area contributed by atoms with Crippen molar-refractivity contribution in [2.24, 2.45) is 0 Å². The Labute approximate surface area is 163 Å². The Kier molecular flexibility index (Phi) is 6.29. The van der Waals surface area contributed by atoms with Gasteiger partial charge in [0.05, 0.1) is 37.3 Å². The highest BCUT2D eigenvalue weighted by Crippen LogP contribution is 2.30. The number of aromatic carboxylic acids is 1. The fraction of sp³-hybridized carbons (Fsp3) is 0.238. The van der Waals surface area contributed by atoms with E-state index in [-0.39, 0.29) is 11.3 Å². The van der Waals surface area contributed by atoms with Crippen LogP contribution in [0.25, 0.3) is 6.08 Å². The first-order valence-electron chi connectivity index (χ1n) is 8.90. The number of ether oxygens (including phenoxy) is 2. The predicted octanol–water partition coefficient (Wildman–Crippen LogP) is 2.88. The average molecular weight is 382 g/mol. The second-order valence-electron chi connectivity index (χ2n) is 6.20. The summed E-state index contributed by atoms with van der Waals surface area (Å²) in [6.45, 7) is 2.97. The normalized spacial score (nSPS) is 14.1. The molecule has 2 aromatic carbocycles. The van der Waals surface area contributed by atoms with Gasteiger partial charge in [-0.3, -0.25) is 4.79 Å². The summed E-state index contributed by atoms with van der Waals surface area (Å²) in [6.07, 6.45) is 3.02. The monoisotopic (exact) mass is 382 g/mol. The Bertz CT molecular complexity index is 888. The van der Waals surface area contributed by atoms with Gasteiger partial charge >= 0.3 is 5.97 Å². The minimum absolute atomic E-state index is 0.0424. The third-order valence-electron chi connectivity index (χ3n) is 4.40. The second kappa shape index (κ2) is 9.05. The van der Waals surface area contributed by atoms with E-state index in [1.807, 2.05) is 18.2 Å². The molecule has 1 saturated heterocycles. The topological polar surface area (TPSA) is 88.1 Å². The molecule has 0 radical (unpaired) electrons. The SMILES string of the molecule is COc1cc(/C=C/C(=O)Nc2ccccc2C(=O)O)ccc1N1CCOCC1. The predicted molar refractivity (Wildman–Crippen MR) is 107 cm³/mol. The van der Waals surface area contributed by atoms with Crippen LogP contribution < -0.4 is 15.0 Å². The Morgan fingerprint density at radius 3 is 2.64 bits per heavy atom. The molecule has 28 heavy (non-hydrogen) atoms. The van der Waals surface area contributed by atoms with E-state index in [4.69, 9.17) is 9.47 Å². The van der Waals surface area contributed by atoms with Gasteiger partial charge < -0.3 is 24.8 Å². The number of carbonyl (C=O) groups excluding carboxylic acids is 1. The molecule has 1 heterocycles. The lowest BCUT2D eigenvalue weighted by molar-refractivity contribution is -0.111. The highest BCUT2D eigenvalue weighted by atomic mass is 16.5. The van der Waals surface area contributed by atoms with Crippen LogP contribution in [-0.4, -0.2) is 50.4 Å². The molecule has 0 spiro atoms. The number of amides is 1. The summed E-state index contributed by atoms with van der Waals surface area (Å²) < 4.78 is 10.9. The smallest absolute Gasteiger partial charge is 0.337 e. The van der Waals surface area contributed by atoms with Gasteiger partial charge in [0.1, 0.15) is 5.75 Å². The lowest BCUT2D eigenvalue weighted by Gasteiger charge is -2.30. The number of carboxylic acid groups (broad SMARTS) is 1. The molecule has 1 aliphatic heterocycles. The molecule has 3 rings (SSSR count). The molecular weight excluding hydrogens is 360 g/mol. The van der Waals surface area contributed by atoms with E-state index in [1.54, 1.807) is 31.4 Å². The summed E-state index contributed by atoms with van der Waals surface area (Å²) >= 11 is 0. The summed E-state index contributed by atoms with van der Waals surface area (Å²) in [4.78, 5) is 25.6. The van der Waals surface area contributed by atoms with Crippen LogP contribution in [0.3, 0.4) is 0 Å². The molecule has 1 aliphatic rings. The van der Waals surface area contributed by atoms with Crippen LogP contribution in [0, 0.1) is 0 Å². The number of hydrogen-bond donors (Lipinski definition) is 2. The lowest BCUT2D eigenvalue weighted by atomic mass is 10.1. The second-order valence-corrected chi connectivity index (χ2v) is 6.20. The van der Waals surface area contributed by atoms with Crippen LogP contribution in [-0.2, 0) is 9.53 Å². The van der Waals surface area contributed by atoms with Gasteiger partial charge in [-0.05, 0) is 35.9 Å². The van der Waals surface area contributed by atoms with E-state index >= 15 is 0 Å². The molecule has 1 amide bonds. The van der Waals surface area contributed by atoms with E-state index in [0.717, 1.165) is 30.1 Å². The number of nitrogens with zero attached hydrogens (tertiary/aromatic N) is 1. The van der Waals surface area contributed by atoms with Crippen LogP contribution in [0.15, 0.2) is 48.5 Å². The van der Waals surface area contributed by atoms with Gasteiger partial charge in [-0.25, -0.2) is 4.79 Å². The first kappa shape index (κ1) is 19.4. The molecule has 0 saturated carbocycles. The molecule has 0 unspecified atom stereocenters. The third-order valence-corrected chi connectivity index (χ3v) is 4.40. The standard InChI is InChI=1S/C21H22N2O5/c1-27-19-14-15(6-8-18(19)23-10-12-28-13-11-23)7-9-20(24)22-17-5-3-2-4-16(17)21(25)26/h2-9,14H,10-13H2,1H3,(H,22,24)(H,25,26)/b9-7+. The first-order chi connectivity index (χ1) is 13.6. The van der Waals surface area contributed by atoms with Gasteiger partial charge in [-0.2, -0.15) is 0 Å². The number of carboxylic acids is 1. The van der Waals surface area contributed by atoms with E-state index < -0.39 is 11.9 Å². The lowest BCUT2D eigenvalue weighted by Crippen LogP contribution is -2.36. The summed E-state index contributed by atoms with van der Waals surface area (Å²) in [5, 5.41) is 11.8. The largest absolute Gasteiger partial charge is 0.495 e. The van der Waals surface area contributed by atoms with Crippen molar-refractivity contribution in [2.45, 2.75) is 0 Å². The van der Waals surface area contributed by atoms with E-state index in [2.05, 4.69) is 10.2 Å². The minimum Gasteiger partial charge on any atom is -0.495 e. The van der Waals surface area contributed by atoms with Crippen LogP contribution in [0.4, 0.5) is 11.4 Å². The van der Waals surface area contributed by atoms with Crippen molar-refractivity contribution < 1.29 is 24.2 Å². The molecule has 7 heteroatoms. The molecule has 0 aromatic heterocycles. The summed E-state index contributed by atoms with van der Waals surface area (Å²) in [7, 11) is 1.61. The van der Waals surface area contributed by atoms with E-state index in [0.29, 0.717) is 13.2 Å². The number of benzene rings is 2. The summed E-state index contributed by atoms with van der Waals surface area (Å²) in [5.41, 5.74) is 2.09. The molecule has 7 nitrogen and oxygen atoms in total. The number of morpholine rings is 1. The van der Waals surface area contributed by atoms with Gasteiger partial charge in [-0.15, -0.1) is 0 Å². The van der Waals surface area contributed by atoms with E-state index in [1.165, 1.54) is 12.1 Å². The Morgan fingerprint density at radius 2 is 1.93 bits per heavy atom. The Hall–Kier alpha value is -3.32. The quantitative estimate of drug-likeness (QED) is 0.747. The Morgan fingerprint density at radius 1 is 1.18 bits per heavy atom. The number of anilines is 2. The highest BCUT2D eigenvalue weighted by molar-refractivity contribution is 6.06. The van der Waals surface area contributed by atoms with Gasteiger partial charge in [-0.1, -0.05) is 18.2 Å². The van der Waals surface area contributed by atoms with Crippen molar-refractivity contribution in [3.05, 3.63) is 59.7 Å². The zero-order chi connectivity index (χ0) is 19.9. The zero-order valence-electron chi connectivity index (χ0n) is 15.6. The van der Waals surface area contributed by atoms with Gasteiger partial charge in [0.25, 0.3) is 0 Å². The van der Waals surface area contributed by atoms with Crippen molar-refractivity contribution in [1.82, 2.24) is 0 Å². The molecule has 2 aromatic rings. The molecule has 146 valence electrons. The number of para-hydroxylation sites is 1. The molecule has 0 bridgehead atoms. The minimum atomic E-state index is -1.09. The van der Waals surface area contributed by atoms with Gasteiger partial charge in [0, 0.05) is 19.2 Å². The number of carbonyl (C=O) groups is 2. The third kappa shape index (κ3) is 4.69. The van der Waals surface area contributed by atoms with Gasteiger partial charge in [0.2, 0.25) is 5.91 Å². The average Bonchev–Trinajstić information content (AvgIpc) is 2.73. The Balaban J connectivity index is 1.71. The van der Waals surface area contributed by atoms with Crippen molar-refractivity contribution in [2.75, 3.05) is 43.6 Å². The number of rotatable bonds is 6. The maximum absolute atomic E-state index is 12.2. The number of nitrogens with one attached hydrogen (secondary N) is 1. The number of methoxy groups -OCH3 is 1. The first-order valence-corrected chi connectivity index (χ1v) is 8.90. The maximum atomic E-state index is 12.2.